The number of hydrogen-bond acceptors (Lipinski definition) is 2. The van der Waals surface area contributed by atoms with Crippen LogP contribution in [0.4, 0.5) is 0 Å². The molecule has 0 saturated heterocycles. The number of aromatic nitrogens is 1. The predicted molar refractivity (Wildman–Crippen MR) is 78.7 cm³/mol. The van der Waals surface area contributed by atoms with Gasteiger partial charge in [0.05, 0.1) is 4.47 Å². The van der Waals surface area contributed by atoms with Crippen molar-refractivity contribution in [3.63, 3.8) is 0 Å². The van der Waals surface area contributed by atoms with E-state index in [0.717, 1.165) is 24.8 Å². The molecule has 4 rings (SSSR count). The smallest absolute Gasteiger partial charge is 0.270 e. The first kappa shape index (κ1) is 12.6. The molecule has 1 unspecified atom stereocenters. The quantitative estimate of drug-likeness (QED) is 0.791. The second-order valence-corrected chi connectivity index (χ2v) is 7.53. The molecule has 2 fully saturated rings. The molecule has 106 valence electrons. The lowest BCUT2D eigenvalue weighted by molar-refractivity contribution is 0.0863. The molecular formula is C15H17BrN2O2. The van der Waals surface area contributed by atoms with Gasteiger partial charge >= 0.3 is 0 Å². The molecule has 1 N–H and O–H groups in total. The molecule has 0 aromatic carbocycles. The molecule has 20 heavy (non-hydrogen) atoms. The van der Waals surface area contributed by atoms with Gasteiger partial charge in [-0.25, -0.2) is 0 Å². The van der Waals surface area contributed by atoms with Gasteiger partial charge in [-0.15, -0.1) is 0 Å². The van der Waals surface area contributed by atoms with Gasteiger partial charge in [-0.3, -0.25) is 14.2 Å². The number of nitrogens with zero attached hydrogens (tertiary/aromatic N) is 1. The third-order valence-electron chi connectivity index (χ3n) is 5.49. The van der Waals surface area contributed by atoms with Gasteiger partial charge in [0.1, 0.15) is 11.4 Å². The van der Waals surface area contributed by atoms with E-state index in [1.807, 2.05) is 6.92 Å². The SMILES string of the molecule is Cc1cc(Br)c(=O)n2c1C(=O)NC21CCC2(CCC2)C1. The largest absolute Gasteiger partial charge is 0.327 e. The standard InChI is InChI=1S/C15H17BrN2O2/c1-9-7-10(16)13(20)18-11(9)12(19)17-15(18)6-5-14(8-15)3-2-4-14/h7H,2-6,8H2,1H3,(H,17,19). The van der Waals surface area contributed by atoms with Crippen molar-refractivity contribution in [3.8, 4) is 0 Å². The normalized spacial score (nSPS) is 29.6. The Labute approximate surface area is 125 Å². The average molecular weight is 337 g/mol. The fourth-order valence-corrected chi connectivity index (χ4v) is 4.91. The van der Waals surface area contributed by atoms with E-state index in [9.17, 15) is 9.59 Å². The monoisotopic (exact) mass is 336 g/mol. The highest BCUT2D eigenvalue weighted by Gasteiger charge is 2.56. The van der Waals surface area contributed by atoms with Crippen molar-refractivity contribution in [2.45, 2.75) is 51.1 Å². The Morgan fingerprint density at radius 3 is 2.60 bits per heavy atom. The molecule has 2 aliphatic carbocycles. The summed E-state index contributed by atoms with van der Waals surface area (Å²) in [7, 11) is 0. The summed E-state index contributed by atoms with van der Waals surface area (Å²) in [5.41, 5.74) is 1.22. The molecule has 1 aromatic rings. The van der Waals surface area contributed by atoms with Gasteiger partial charge in [0.25, 0.3) is 11.5 Å². The molecule has 0 bridgehead atoms. The lowest BCUT2D eigenvalue weighted by Crippen LogP contribution is -2.47. The number of pyridine rings is 1. The number of hydrogen-bond donors (Lipinski definition) is 1. The Balaban J connectivity index is 1.92. The van der Waals surface area contributed by atoms with E-state index >= 15 is 0 Å². The zero-order valence-electron chi connectivity index (χ0n) is 11.5. The summed E-state index contributed by atoms with van der Waals surface area (Å²) in [6, 6.07) is 1.75. The maximum Gasteiger partial charge on any atom is 0.270 e. The van der Waals surface area contributed by atoms with Crippen LogP contribution in [-0.4, -0.2) is 10.5 Å². The zero-order chi connectivity index (χ0) is 14.1. The summed E-state index contributed by atoms with van der Waals surface area (Å²) < 4.78 is 2.28. The first-order valence-corrected chi connectivity index (χ1v) is 8.01. The second kappa shape index (κ2) is 3.75. The van der Waals surface area contributed by atoms with Crippen molar-refractivity contribution < 1.29 is 4.79 Å². The summed E-state index contributed by atoms with van der Waals surface area (Å²) in [6.45, 7) is 1.89. The third kappa shape index (κ3) is 1.42. The van der Waals surface area contributed by atoms with Crippen molar-refractivity contribution in [2.75, 3.05) is 0 Å². The highest BCUT2D eigenvalue weighted by Crippen LogP contribution is 2.58. The highest BCUT2D eigenvalue weighted by molar-refractivity contribution is 9.10. The number of nitrogens with one attached hydrogen (secondary N) is 1. The van der Waals surface area contributed by atoms with Gasteiger partial charge in [0.2, 0.25) is 0 Å². The van der Waals surface area contributed by atoms with Crippen LogP contribution in [0.25, 0.3) is 0 Å². The van der Waals surface area contributed by atoms with E-state index < -0.39 is 5.66 Å². The van der Waals surface area contributed by atoms with Crippen LogP contribution in [-0.2, 0) is 5.66 Å². The van der Waals surface area contributed by atoms with Gasteiger partial charge in [-0.1, -0.05) is 6.42 Å². The molecule has 2 spiro atoms. The fourth-order valence-electron chi connectivity index (χ4n) is 4.39. The summed E-state index contributed by atoms with van der Waals surface area (Å²) in [6.07, 6.45) is 6.66. The third-order valence-corrected chi connectivity index (χ3v) is 6.06. The zero-order valence-corrected chi connectivity index (χ0v) is 13.0. The maximum absolute atomic E-state index is 12.6. The van der Waals surface area contributed by atoms with Gasteiger partial charge in [-0.05, 0) is 72.0 Å². The van der Waals surface area contributed by atoms with Crippen LogP contribution in [0.1, 0.15) is 54.6 Å². The highest BCUT2D eigenvalue weighted by atomic mass is 79.9. The van der Waals surface area contributed by atoms with Crippen molar-refractivity contribution in [1.29, 1.82) is 0 Å². The Bertz CT molecular complexity index is 690. The number of carbonyl (C=O) groups excluding carboxylic acids is 1. The lowest BCUT2D eigenvalue weighted by Gasteiger charge is -2.40. The minimum absolute atomic E-state index is 0.0830. The number of aryl methyl sites for hydroxylation is 1. The summed E-state index contributed by atoms with van der Waals surface area (Å²) in [4.78, 5) is 24.9. The predicted octanol–water partition coefficient (Wildman–Crippen LogP) is 2.67. The van der Waals surface area contributed by atoms with E-state index in [1.165, 1.54) is 19.3 Å². The molecule has 0 radical (unpaired) electrons. The van der Waals surface area contributed by atoms with Crippen LogP contribution in [0.5, 0.6) is 0 Å². The Morgan fingerprint density at radius 2 is 2.00 bits per heavy atom. The first-order valence-electron chi connectivity index (χ1n) is 7.22. The van der Waals surface area contributed by atoms with Gasteiger partial charge in [-0.2, -0.15) is 0 Å². The number of carbonyl (C=O) groups is 1. The minimum atomic E-state index is -0.474. The van der Waals surface area contributed by atoms with Crippen molar-refractivity contribution >= 4 is 21.8 Å². The summed E-state index contributed by atoms with van der Waals surface area (Å²) >= 11 is 3.34. The molecule has 1 aliphatic heterocycles. The Morgan fingerprint density at radius 1 is 1.25 bits per heavy atom. The van der Waals surface area contributed by atoms with Crippen LogP contribution >= 0.6 is 15.9 Å². The summed E-state index contributed by atoms with van der Waals surface area (Å²) in [5, 5.41) is 3.13. The van der Waals surface area contributed by atoms with Gasteiger partial charge in [0, 0.05) is 0 Å². The minimum Gasteiger partial charge on any atom is -0.327 e. The van der Waals surface area contributed by atoms with Crippen LogP contribution in [0.3, 0.4) is 0 Å². The number of fused-ring (bicyclic) bond motifs is 2. The molecule has 2 heterocycles. The van der Waals surface area contributed by atoms with Crippen LogP contribution < -0.4 is 10.9 Å². The number of amides is 1. The number of halogens is 1. The van der Waals surface area contributed by atoms with Crippen molar-refractivity contribution in [3.05, 3.63) is 32.2 Å². The van der Waals surface area contributed by atoms with Crippen LogP contribution in [0.2, 0.25) is 0 Å². The lowest BCUT2D eigenvalue weighted by atomic mass is 9.67. The van der Waals surface area contributed by atoms with E-state index in [1.54, 1.807) is 10.6 Å². The van der Waals surface area contributed by atoms with E-state index in [2.05, 4.69) is 21.2 Å². The van der Waals surface area contributed by atoms with Gasteiger partial charge < -0.3 is 5.32 Å². The van der Waals surface area contributed by atoms with Crippen LogP contribution in [0, 0.1) is 12.3 Å². The van der Waals surface area contributed by atoms with Gasteiger partial charge in [0.15, 0.2) is 0 Å². The second-order valence-electron chi connectivity index (χ2n) is 6.68. The van der Waals surface area contributed by atoms with E-state index in [4.69, 9.17) is 0 Å². The Hall–Kier alpha value is -1.10. The molecule has 4 nitrogen and oxygen atoms in total. The molecule has 2 saturated carbocycles. The molecule has 1 aromatic heterocycles. The van der Waals surface area contributed by atoms with Crippen molar-refractivity contribution in [1.82, 2.24) is 9.88 Å². The molecule has 5 heteroatoms. The molecule has 3 aliphatic rings. The molecule has 1 amide bonds. The summed E-state index contributed by atoms with van der Waals surface area (Å²) in [5.74, 6) is -0.0940. The first-order chi connectivity index (χ1) is 9.46. The maximum atomic E-state index is 12.6. The number of rotatable bonds is 0. The van der Waals surface area contributed by atoms with Crippen molar-refractivity contribution in [2.24, 2.45) is 5.41 Å². The molecule has 1 atom stereocenters. The van der Waals surface area contributed by atoms with E-state index in [0.29, 0.717) is 15.6 Å². The fraction of sp³-hybridized carbons (Fsp3) is 0.600. The topological polar surface area (TPSA) is 51.1 Å². The van der Waals surface area contributed by atoms with Crippen LogP contribution in [0.15, 0.2) is 15.3 Å². The average Bonchev–Trinajstić information content (AvgIpc) is 2.86. The Kier molecular flexibility index (Phi) is 2.37. The molecular weight excluding hydrogens is 320 g/mol. The van der Waals surface area contributed by atoms with E-state index in [-0.39, 0.29) is 11.5 Å².